The minimum atomic E-state index is -4.22. The zero-order valence-electron chi connectivity index (χ0n) is 17.1. The number of amides is 1. The molecule has 2 aromatic carbocycles. The van der Waals surface area contributed by atoms with Gasteiger partial charge in [0.05, 0.1) is 5.69 Å². The number of aryl methyl sites for hydroxylation is 1. The normalized spacial score (nSPS) is 12.5. The molecule has 0 aliphatic carbocycles. The Morgan fingerprint density at radius 1 is 1.19 bits per heavy atom. The summed E-state index contributed by atoms with van der Waals surface area (Å²) < 4.78 is 43.4. The molecule has 2 N–H and O–H groups in total. The van der Waals surface area contributed by atoms with Crippen molar-refractivity contribution in [1.82, 2.24) is 14.5 Å². The van der Waals surface area contributed by atoms with Crippen LogP contribution in [0.5, 0.6) is 0 Å². The first-order valence-corrected chi connectivity index (χ1v) is 12.4. The van der Waals surface area contributed by atoms with Gasteiger partial charge in [-0.25, -0.2) is 17.5 Å². The highest BCUT2D eigenvalue weighted by Crippen LogP contribution is 2.18. The average Bonchev–Trinajstić information content (AvgIpc) is 3.17. The van der Waals surface area contributed by atoms with E-state index in [9.17, 15) is 17.6 Å². The van der Waals surface area contributed by atoms with Crippen molar-refractivity contribution in [3.8, 4) is 5.69 Å². The molecule has 164 valence electrons. The molecule has 0 saturated heterocycles. The van der Waals surface area contributed by atoms with Crippen molar-refractivity contribution in [1.29, 1.82) is 0 Å². The maximum atomic E-state index is 14.0. The van der Waals surface area contributed by atoms with Crippen LogP contribution in [-0.2, 0) is 14.8 Å². The largest absolute Gasteiger partial charge is 0.325 e. The van der Waals surface area contributed by atoms with Crippen LogP contribution in [0.3, 0.4) is 0 Å². The molecule has 0 aliphatic rings. The topological polar surface area (TPSA) is 93.1 Å². The molecule has 31 heavy (non-hydrogen) atoms. The highest BCUT2D eigenvalue weighted by Gasteiger charge is 2.27. The highest BCUT2D eigenvalue weighted by atomic mass is 32.2. The molecule has 3 aromatic rings. The molecule has 0 bridgehead atoms. The lowest BCUT2D eigenvalue weighted by Crippen LogP contribution is -2.44. The second kappa shape index (κ2) is 10.1. The molecule has 3 rings (SSSR count). The number of hydrogen-bond donors (Lipinski definition) is 2. The van der Waals surface area contributed by atoms with Gasteiger partial charge in [-0.05, 0) is 61.8 Å². The van der Waals surface area contributed by atoms with Gasteiger partial charge in [0.2, 0.25) is 15.9 Å². The average molecular weight is 463 g/mol. The molecular formula is C21H23FN4O3S2. The summed E-state index contributed by atoms with van der Waals surface area (Å²) in [5, 5.41) is 7.00. The number of nitrogens with one attached hydrogen (secondary N) is 2. The van der Waals surface area contributed by atoms with E-state index in [-0.39, 0.29) is 6.42 Å². The fourth-order valence-corrected chi connectivity index (χ4v) is 4.76. The standard InChI is InChI=1S/C21H23FN4O3S2/c1-15-10-12-23-26(15)17-7-5-6-16(14-17)24-21(27)19(11-13-30-2)25-31(28,29)20-9-4-3-8-18(20)22/h3-10,12,14,19,25H,11,13H2,1-2H3,(H,24,27). The van der Waals surface area contributed by atoms with Gasteiger partial charge in [-0.3, -0.25) is 4.79 Å². The van der Waals surface area contributed by atoms with E-state index in [4.69, 9.17) is 0 Å². The fraction of sp³-hybridized carbons (Fsp3) is 0.238. The van der Waals surface area contributed by atoms with E-state index >= 15 is 0 Å². The number of benzene rings is 2. The van der Waals surface area contributed by atoms with Gasteiger partial charge in [-0.2, -0.15) is 21.6 Å². The summed E-state index contributed by atoms with van der Waals surface area (Å²) in [5.74, 6) is -0.852. The van der Waals surface area contributed by atoms with Gasteiger partial charge in [0.15, 0.2) is 0 Å². The third kappa shape index (κ3) is 5.72. The monoisotopic (exact) mass is 462 g/mol. The smallest absolute Gasteiger partial charge is 0.244 e. The summed E-state index contributed by atoms with van der Waals surface area (Å²) in [4.78, 5) is 12.4. The number of hydrogen-bond acceptors (Lipinski definition) is 5. The van der Waals surface area contributed by atoms with Crippen molar-refractivity contribution in [3.05, 3.63) is 72.3 Å². The predicted octanol–water partition coefficient (Wildman–Crippen LogP) is 3.36. The van der Waals surface area contributed by atoms with Crippen LogP contribution in [0.15, 0.2) is 65.7 Å². The molecule has 1 unspecified atom stereocenters. The van der Waals surface area contributed by atoms with Crippen LogP contribution in [0.4, 0.5) is 10.1 Å². The van der Waals surface area contributed by atoms with Gasteiger partial charge < -0.3 is 5.32 Å². The third-order valence-electron chi connectivity index (χ3n) is 4.54. The van der Waals surface area contributed by atoms with Crippen LogP contribution >= 0.6 is 11.8 Å². The minimum absolute atomic E-state index is 0.249. The molecule has 1 amide bonds. The summed E-state index contributed by atoms with van der Waals surface area (Å²) in [7, 11) is -4.22. The molecule has 7 nitrogen and oxygen atoms in total. The van der Waals surface area contributed by atoms with Gasteiger partial charge in [-0.15, -0.1) is 0 Å². The van der Waals surface area contributed by atoms with Crippen LogP contribution in [0.1, 0.15) is 12.1 Å². The molecular weight excluding hydrogens is 439 g/mol. The van der Waals surface area contributed by atoms with Gasteiger partial charge in [-0.1, -0.05) is 18.2 Å². The number of halogens is 1. The lowest BCUT2D eigenvalue weighted by atomic mass is 10.2. The Kier molecular flexibility index (Phi) is 7.47. The second-order valence-corrected chi connectivity index (χ2v) is 9.48. The van der Waals surface area contributed by atoms with Gasteiger partial charge >= 0.3 is 0 Å². The zero-order chi connectivity index (χ0) is 22.4. The molecule has 0 aliphatic heterocycles. The molecule has 0 spiro atoms. The Balaban J connectivity index is 1.81. The Bertz CT molecular complexity index is 1160. The summed E-state index contributed by atoms with van der Waals surface area (Å²) in [6, 6.07) is 12.9. The van der Waals surface area contributed by atoms with Crippen LogP contribution in [0.2, 0.25) is 0 Å². The van der Waals surface area contributed by atoms with E-state index in [2.05, 4.69) is 15.1 Å². The number of thioether (sulfide) groups is 1. The second-order valence-electron chi connectivity index (χ2n) is 6.81. The highest BCUT2D eigenvalue weighted by molar-refractivity contribution is 7.98. The number of anilines is 1. The minimum Gasteiger partial charge on any atom is -0.325 e. The lowest BCUT2D eigenvalue weighted by Gasteiger charge is -2.19. The maximum Gasteiger partial charge on any atom is 0.244 e. The van der Waals surface area contributed by atoms with Crippen molar-refractivity contribution < 1.29 is 17.6 Å². The number of nitrogens with zero attached hydrogens (tertiary/aromatic N) is 2. The number of carbonyl (C=O) groups excluding carboxylic acids is 1. The van der Waals surface area contributed by atoms with E-state index in [0.29, 0.717) is 11.4 Å². The number of rotatable bonds is 9. The van der Waals surface area contributed by atoms with E-state index in [1.807, 2.05) is 25.3 Å². The maximum absolute atomic E-state index is 14.0. The first kappa shape index (κ1) is 23.0. The quantitative estimate of drug-likeness (QED) is 0.509. The van der Waals surface area contributed by atoms with Gasteiger partial charge in [0.25, 0.3) is 0 Å². The Morgan fingerprint density at radius 3 is 2.65 bits per heavy atom. The van der Waals surface area contributed by atoms with Crippen LogP contribution < -0.4 is 10.0 Å². The summed E-state index contributed by atoms with van der Waals surface area (Å²) in [6.07, 6.45) is 3.78. The Morgan fingerprint density at radius 2 is 1.97 bits per heavy atom. The van der Waals surface area contributed by atoms with Crippen molar-refractivity contribution in [3.63, 3.8) is 0 Å². The van der Waals surface area contributed by atoms with E-state index in [1.54, 1.807) is 29.1 Å². The summed E-state index contributed by atoms with van der Waals surface area (Å²) in [6.45, 7) is 1.91. The molecule has 0 fully saturated rings. The predicted molar refractivity (Wildman–Crippen MR) is 120 cm³/mol. The van der Waals surface area contributed by atoms with Crippen molar-refractivity contribution >= 4 is 33.4 Å². The van der Waals surface area contributed by atoms with Crippen LogP contribution in [0.25, 0.3) is 5.69 Å². The van der Waals surface area contributed by atoms with Crippen molar-refractivity contribution in [2.45, 2.75) is 24.3 Å². The van der Waals surface area contributed by atoms with E-state index < -0.39 is 32.7 Å². The van der Waals surface area contributed by atoms with E-state index in [1.165, 1.54) is 23.9 Å². The Labute approximate surface area is 185 Å². The zero-order valence-corrected chi connectivity index (χ0v) is 18.7. The van der Waals surface area contributed by atoms with Crippen molar-refractivity contribution in [2.75, 3.05) is 17.3 Å². The summed E-state index contributed by atoms with van der Waals surface area (Å²) in [5.41, 5.74) is 2.18. The molecule has 1 heterocycles. The lowest BCUT2D eigenvalue weighted by molar-refractivity contribution is -0.117. The third-order valence-corrected chi connectivity index (χ3v) is 6.69. The SMILES string of the molecule is CSCCC(NS(=O)(=O)c1ccccc1F)C(=O)Nc1cccc(-n2nccc2C)c1. The van der Waals surface area contributed by atoms with Crippen LogP contribution in [-0.4, -0.2) is 42.2 Å². The molecule has 0 saturated carbocycles. The number of carbonyl (C=O) groups is 1. The first-order chi connectivity index (χ1) is 14.8. The van der Waals surface area contributed by atoms with Gasteiger partial charge in [0.1, 0.15) is 16.8 Å². The van der Waals surface area contributed by atoms with Gasteiger partial charge in [0, 0.05) is 17.6 Å². The number of aromatic nitrogens is 2. The molecule has 10 heteroatoms. The number of sulfonamides is 1. The Hall–Kier alpha value is -2.69. The molecule has 1 aromatic heterocycles. The van der Waals surface area contributed by atoms with Crippen LogP contribution in [0, 0.1) is 12.7 Å². The molecule has 0 radical (unpaired) electrons. The first-order valence-electron chi connectivity index (χ1n) is 9.49. The fourth-order valence-electron chi connectivity index (χ4n) is 2.98. The van der Waals surface area contributed by atoms with E-state index in [0.717, 1.165) is 23.5 Å². The molecule has 1 atom stereocenters. The van der Waals surface area contributed by atoms with Crippen molar-refractivity contribution in [2.24, 2.45) is 0 Å². The summed E-state index contributed by atoms with van der Waals surface area (Å²) >= 11 is 1.48.